The van der Waals surface area contributed by atoms with Crippen molar-refractivity contribution in [3.63, 3.8) is 0 Å². The van der Waals surface area contributed by atoms with Crippen LogP contribution < -0.4 is 5.32 Å². The number of carbonyl (C=O) groups excluding carboxylic acids is 2. The molecule has 152 valence electrons. The summed E-state index contributed by atoms with van der Waals surface area (Å²) in [6.07, 6.45) is 9.16. The van der Waals surface area contributed by atoms with Crippen LogP contribution in [0.5, 0.6) is 0 Å². The molecule has 2 aromatic heterocycles. The highest BCUT2D eigenvalue weighted by molar-refractivity contribution is 5.97. The number of hydrogen-bond donors (Lipinski definition) is 1. The number of imidazole rings is 1. The number of nitrogens with one attached hydrogen (secondary N) is 1. The fourth-order valence-corrected chi connectivity index (χ4v) is 3.01. The molecule has 8 heteroatoms. The van der Waals surface area contributed by atoms with Crippen molar-refractivity contribution in [1.29, 1.82) is 0 Å². The lowest BCUT2D eigenvalue weighted by Gasteiger charge is -2.26. The maximum Gasteiger partial charge on any atom is 0.254 e. The highest BCUT2D eigenvalue weighted by Crippen LogP contribution is 2.17. The first kappa shape index (κ1) is 20.3. The van der Waals surface area contributed by atoms with E-state index in [4.69, 9.17) is 0 Å². The topological polar surface area (TPSA) is 85.0 Å². The average Bonchev–Trinajstić information content (AvgIpc) is 3.35. The van der Waals surface area contributed by atoms with Crippen LogP contribution in [0.1, 0.15) is 36.2 Å². The number of carbonyl (C=O) groups is 2. The first-order valence-electron chi connectivity index (χ1n) is 9.56. The average molecular weight is 394 g/mol. The molecule has 3 aromatic rings. The Morgan fingerprint density at radius 3 is 2.76 bits per heavy atom. The zero-order chi connectivity index (χ0) is 20.8. The molecule has 29 heavy (non-hydrogen) atoms. The van der Waals surface area contributed by atoms with Crippen LogP contribution in [-0.4, -0.2) is 42.1 Å². The van der Waals surface area contributed by atoms with Crippen LogP contribution in [-0.2, 0) is 24.9 Å². The zero-order valence-electron chi connectivity index (χ0n) is 16.9. The molecule has 0 unspecified atom stereocenters. The summed E-state index contributed by atoms with van der Waals surface area (Å²) in [6, 6.07) is 7.07. The van der Waals surface area contributed by atoms with Crippen molar-refractivity contribution in [3.8, 4) is 0 Å². The minimum absolute atomic E-state index is 0.0242. The number of aromatic nitrogens is 4. The van der Waals surface area contributed by atoms with Crippen LogP contribution in [0.4, 0.5) is 5.69 Å². The van der Waals surface area contributed by atoms with Gasteiger partial charge in [-0.3, -0.25) is 14.3 Å². The first-order chi connectivity index (χ1) is 13.9. The van der Waals surface area contributed by atoms with Gasteiger partial charge < -0.3 is 14.8 Å². The third kappa shape index (κ3) is 5.54. The van der Waals surface area contributed by atoms with Crippen LogP contribution in [0.2, 0.25) is 0 Å². The molecule has 0 aliphatic rings. The normalized spacial score (nSPS) is 10.9. The number of hydrogen-bond acceptors (Lipinski definition) is 4. The van der Waals surface area contributed by atoms with E-state index in [0.29, 0.717) is 30.8 Å². The largest absolute Gasteiger partial charge is 0.337 e. The van der Waals surface area contributed by atoms with Crippen molar-refractivity contribution < 1.29 is 9.59 Å². The van der Waals surface area contributed by atoms with Gasteiger partial charge >= 0.3 is 0 Å². The van der Waals surface area contributed by atoms with Gasteiger partial charge in [-0.15, -0.1) is 0 Å². The molecule has 0 spiro atoms. The van der Waals surface area contributed by atoms with Crippen LogP contribution in [0, 0.1) is 0 Å². The van der Waals surface area contributed by atoms with E-state index in [9.17, 15) is 9.59 Å². The summed E-state index contributed by atoms with van der Waals surface area (Å²) in [5.74, 6) is -0.197. The van der Waals surface area contributed by atoms with Gasteiger partial charge in [0.15, 0.2) is 0 Å². The molecular weight excluding hydrogens is 368 g/mol. The summed E-state index contributed by atoms with van der Waals surface area (Å²) in [5.41, 5.74) is 2.12. The van der Waals surface area contributed by atoms with Gasteiger partial charge in [-0.1, -0.05) is 6.07 Å². The van der Waals surface area contributed by atoms with Crippen LogP contribution >= 0.6 is 0 Å². The minimum Gasteiger partial charge on any atom is -0.337 e. The highest BCUT2D eigenvalue weighted by atomic mass is 16.2. The van der Waals surface area contributed by atoms with Crippen molar-refractivity contribution in [2.75, 3.05) is 5.32 Å². The second-order valence-electron chi connectivity index (χ2n) is 7.23. The molecule has 0 aliphatic carbocycles. The number of aryl methyl sites for hydroxylation is 2. The summed E-state index contributed by atoms with van der Waals surface area (Å²) < 4.78 is 3.57. The fraction of sp³-hybridized carbons (Fsp3) is 0.333. The fourth-order valence-electron chi connectivity index (χ4n) is 3.01. The van der Waals surface area contributed by atoms with Crippen molar-refractivity contribution in [2.24, 2.45) is 7.05 Å². The van der Waals surface area contributed by atoms with Gasteiger partial charge in [0.2, 0.25) is 5.91 Å². The Morgan fingerprint density at radius 2 is 2.10 bits per heavy atom. The Bertz CT molecular complexity index is 961. The summed E-state index contributed by atoms with van der Waals surface area (Å²) in [4.78, 5) is 31.1. The Labute approximate surface area is 170 Å². The van der Waals surface area contributed by atoms with Gasteiger partial charge in [-0.05, 0) is 32.0 Å². The van der Waals surface area contributed by atoms with Crippen LogP contribution in [0.25, 0.3) is 0 Å². The highest BCUT2D eigenvalue weighted by Gasteiger charge is 2.20. The Balaban J connectivity index is 1.66. The number of benzene rings is 1. The number of rotatable bonds is 8. The van der Waals surface area contributed by atoms with Crippen LogP contribution in [0.3, 0.4) is 0 Å². The molecule has 2 amide bonds. The summed E-state index contributed by atoms with van der Waals surface area (Å²) in [7, 11) is 1.85. The van der Waals surface area contributed by atoms with E-state index >= 15 is 0 Å². The maximum absolute atomic E-state index is 13.1. The Hall–Kier alpha value is -3.42. The van der Waals surface area contributed by atoms with E-state index in [1.54, 1.807) is 52.6 Å². The molecule has 0 atom stereocenters. The van der Waals surface area contributed by atoms with E-state index in [1.165, 1.54) is 0 Å². The second-order valence-corrected chi connectivity index (χ2v) is 7.23. The lowest BCUT2D eigenvalue weighted by Crippen LogP contribution is -2.36. The third-order valence-electron chi connectivity index (χ3n) is 4.55. The van der Waals surface area contributed by atoms with E-state index in [-0.39, 0.29) is 17.9 Å². The monoisotopic (exact) mass is 394 g/mol. The quantitative estimate of drug-likeness (QED) is 0.637. The Kier molecular flexibility index (Phi) is 6.43. The molecule has 0 radical (unpaired) electrons. The van der Waals surface area contributed by atoms with Crippen molar-refractivity contribution in [2.45, 2.75) is 39.4 Å². The summed E-state index contributed by atoms with van der Waals surface area (Å²) >= 11 is 0. The lowest BCUT2D eigenvalue weighted by molar-refractivity contribution is -0.116. The molecule has 0 aliphatic heterocycles. The van der Waals surface area contributed by atoms with Gasteiger partial charge in [0.25, 0.3) is 5.91 Å². The van der Waals surface area contributed by atoms with Gasteiger partial charge in [0.05, 0.1) is 12.5 Å². The van der Waals surface area contributed by atoms with Gasteiger partial charge in [0.1, 0.15) is 0 Å². The van der Waals surface area contributed by atoms with Crippen LogP contribution in [0.15, 0.2) is 55.4 Å². The van der Waals surface area contributed by atoms with Gasteiger partial charge in [-0.25, -0.2) is 4.98 Å². The summed E-state index contributed by atoms with van der Waals surface area (Å²) in [5, 5.41) is 7.03. The third-order valence-corrected chi connectivity index (χ3v) is 4.55. The standard InChI is InChI=1S/C21H26N6O2/c1-16(2)27(14-17-12-23-25(3)13-17)21(29)18-5-4-6-19(11-18)24-20(28)7-9-26-10-8-22-15-26/h4-6,8,10-13,15-16H,7,9,14H2,1-3H3,(H,24,28). The SMILES string of the molecule is CC(C)N(Cc1cnn(C)c1)C(=O)c1cccc(NC(=O)CCn2ccnc2)c1. The van der Waals surface area contributed by atoms with Gasteiger partial charge in [-0.2, -0.15) is 5.10 Å². The molecule has 2 heterocycles. The van der Waals surface area contributed by atoms with E-state index in [0.717, 1.165) is 5.56 Å². The molecule has 1 aromatic carbocycles. The van der Waals surface area contributed by atoms with Crippen molar-refractivity contribution in [1.82, 2.24) is 24.2 Å². The smallest absolute Gasteiger partial charge is 0.254 e. The molecule has 0 saturated carbocycles. The summed E-state index contributed by atoms with van der Waals surface area (Å²) in [6.45, 7) is 4.99. The predicted molar refractivity (Wildman–Crippen MR) is 110 cm³/mol. The predicted octanol–water partition coefficient (Wildman–Crippen LogP) is 2.70. The molecule has 0 fully saturated rings. The van der Waals surface area contributed by atoms with Crippen molar-refractivity contribution >= 4 is 17.5 Å². The molecule has 8 nitrogen and oxygen atoms in total. The molecular formula is C21H26N6O2. The minimum atomic E-state index is -0.112. The number of nitrogens with zero attached hydrogens (tertiary/aromatic N) is 5. The van der Waals surface area contributed by atoms with E-state index in [2.05, 4.69) is 15.4 Å². The maximum atomic E-state index is 13.1. The Morgan fingerprint density at radius 1 is 1.28 bits per heavy atom. The van der Waals surface area contributed by atoms with Gasteiger partial charge in [0, 0.05) is 68.0 Å². The van der Waals surface area contributed by atoms with Crippen molar-refractivity contribution in [3.05, 3.63) is 66.5 Å². The number of anilines is 1. The molecule has 0 saturated heterocycles. The first-order valence-corrected chi connectivity index (χ1v) is 9.56. The molecule has 0 bridgehead atoms. The molecule has 1 N–H and O–H groups in total. The number of amides is 2. The molecule has 3 rings (SSSR count). The lowest BCUT2D eigenvalue weighted by atomic mass is 10.1. The zero-order valence-corrected chi connectivity index (χ0v) is 16.9. The van der Waals surface area contributed by atoms with E-state index in [1.807, 2.05) is 37.9 Å². The van der Waals surface area contributed by atoms with E-state index < -0.39 is 0 Å². The second kappa shape index (κ2) is 9.18.